The second-order valence-electron chi connectivity index (χ2n) is 5.04. The van der Waals surface area contributed by atoms with E-state index in [1.54, 1.807) is 48.5 Å². The Kier molecular flexibility index (Phi) is 6.18. The van der Waals surface area contributed by atoms with E-state index in [1.807, 2.05) is 6.92 Å². The third kappa shape index (κ3) is 5.42. The van der Waals surface area contributed by atoms with E-state index in [9.17, 15) is 9.59 Å². The molecule has 1 N–H and O–H groups in total. The number of anilines is 1. The summed E-state index contributed by atoms with van der Waals surface area (Å²) in [5.74, 6) is 0.376. The smallest absolute Gasteiger partial charge is 0.224 e. The molecule has 0 aliphatic carbocycles. The van der Waals surface area contributed by atoms with Gasteiger partial charge in [-0.1, -0.05) is 24.6 Å². The van der Waals surface area contributed by atoms with Crippen LogP contribution in [0.2, 0.25) is 5.02 Å². The van der Waals surface area contributed by atoms with Crippen LogP contribution in [0.1, 0.15) is 30.1 Å². The summed E-state index contributed by atoms with van der Waals surface area (Å²) in [5.41, 5.74) is 1.20. The standard InChI is InChI=1S/C18H18ClNO3/c1-2-4-18(22)20-15-9-7-13(8-10-15)17(21)12-23-16-6-3-5-14(19)11-16/h3,5-11H,2,4,12H2,1H3,(H,20,22). The van der Waals surface area contributed by atoms with Crippen LogP contribution >= 0.6 is 11.6 Å². The van der Waals surface area contributed by atoms with Gasteiger partial charge in [0.2, 0.25) is 5.91 Å². The fraction of sp³-hybridized carbons (Fsp3) is 0.222. The number of carbonyl (C=O) groups excluding carboxylic acids is 2. The molecular formula is C18H18ClNO3. The molecule has 0 atom stereocenters. The number of hydrogen-bond donors (Lipinski definition) is 1. The largest absolute Gasteiger partial charge is 0.485 e. The zero-order valence-electron chi connectivity index (χ0n) is 12.8. The molecule has 0 unspecified atom stereocenters. The average Bonchev–Trinajstić information content (AvgIpc) is 2.53. The molecular weight excluding hydrogens is 314 g/mol. The first-order chi connectivity index (χ1) is 11.1. The molecule has 2 aromatic carbocycles. The molecule has 2 aromatic rings. The van der Waals surface area contributed by atoms with Crippen LogP contribution in [0.15, 0.2) is 48.5 Å². The van der Waals surface area contributed by atoms with Gasteiger partial charge in [0.25, 0.3) is 0 Å². The van der Waals surface area contributed by atoms with E-state index in [0.717, 1.165) is 6.42 Å². The minimum Gasteiger partial charge on any atom is -0.485 e. The Labute approximate surface area is 140 Å². The van der Waals surface area contributed by atoms with Crippen LogP contribution < -0.4 is 10.1 Å². The van der Waals surface area contributed by atoms with Crippen LogP contribution in [0.3, 0.4) is 0 Å². The molecule has 120 valence electrons. The summed E-state index contributed by atoms with van der Waals surface area (Å²) in [6, 6.07) is 13.7. The van der Waals surface area contributed by atoms with E-state index in [-0.39, 0.29) is 18.3 Å². The highest BCUT2D eigenvalue weighted by molar-refractivity contribution is 6.30. The van der Waals surface area contributed by atoms with Crippen molar-refractivity contribution < 1.29 is 14.3 Å². The van der Waals surface area contributed by atoms with Crippen LogP contribution in [0.5, 0.6) is 5.75 Å². The highest BCUT2D eigenvalue weighted by Crippen LogP contribution is 2.17. The summed E-state index contributed by atoms with van der Waals surface area (Å²) in [4.78, 5) is 23.6. The van der Waals surface area contributed by atoms with Gasteiger partial charge >= 0.3 is 0 Å². The van der Waals surface area contributed by atoms with Gasteiger partial charge in [-0.25, -0.2) is 0 Å². The van der Waals surface area contributed by atoms with Gasteiger partial charge in [-0.2, -0.15) is 0 Å². The molecule has 4 nitrogen and oxygen atoms in total. The van der Waals surface area contributed by atoms with Crippen LogP contribution in [0.25, 0.3) is 0 Å². The molecule has 1 amide bonds. The van der Waals surface area contributed by atoms with E-state index in [1.165, 1.54) is 0 Å². The molecule has 0 saturated carbocycles. The number of halogens is 1. The van der Waals surface area contributed by atoms with Crippen molar-refractivity contribution in [3.63, 3.8) is 0 Å². The summed E-state index contributed by atoms with van der Waals surface area (Å²) in [5, 5.41) is 3.33. The third-order valence-electron chi connectivity index (χ3n) is 3.13. The molecule has 0 fully saturated rings. The van der Waals surface area contributed by atoms with Gasteiger partial charge in [-0.05, 0) is 48.9 Å². The number of ether oxygens (including phenoxy) is 1. The van der Waals surface area contributed by atoms with E-state index in [0.29, 0.717) is 28.4 Å². The van der Waals surface area contributed by atoms with Crippen molar-refractivity contribution in [3.8, 4) is 5.75 Å². The van der Waals surface area contributed by atoms with Crippen molar-refractivity contribution in [2.75, 3.05) is 11.9 Å². The predicted molar refractivity (Wildman–Crippen MR) is 91.3 cm³/mol. The maximum atomic E-state index is 12.1. The number of Topliss-reactive ketones (excluding diaryl/α,β-unsaturated/α-hetero) is 1. The number of carbonyl (C=O) groups is 2. The lowest BCUT2D eigenvalue weighted by atomic mass is 10.1. The Bertz CT molecular complexity index is 683. The van der Waals surface area contributed by atoms with Gasteiger partial charge in [0, 0.05) is 22.7 Å². The SMILES string of the molecule is CCCC(=O)Nc1ccc(C(=O)COc2cccc(Cl)c2)cc1. The molecule has 23 heavy (non-hydrogen) atoms. The second-order valence-corrected chi connectivity index (χ2v) is 5.48. The molecule has 0 aliphatic rings. The number of hydrogen-bond acceptors (Lipinski definition) is 3. The van der Waals surface area contributed by atoms with Crippen molar-refractivity contribution in [1.29, 1.82) is 0 Å². The van der Waals surface area contributed by atoms with Gasteiger partial charge < -0.3 is 10.1 Å². The first-order valence-corrected chi connectivity index (χ1v) is 7.77. The summed E-state index contributed by atoms with van der Waals surface area (Å²) in [6.07, 6.45) is 1.28. The molecule has 2 rings (SSSR count). The Hall–Kier alpha value is -2.33. The molecule has 0 radical (unpaired) electrons. The van der Waals surface area contributed by atoms with Crippen molar-refractivity contribution in [2.24, 2.45) is 0 Å². The first kappa shape index (κ1) is 17.0. The molecule has 0 saturated heterocycles. The minimum atomic E-state index is -0.142. The van der Waals surface area contributed by atoms with Gasteiger partial charge in [-0.15, -0.1) is 0 Å². The fourth-order valence-corrected chi connectivity index (χ4v) is 2.16. The maximum absolute atomic E-state index is 12.1. The van der Waals surface area contributed by atoms with Crippen LogP contribution in [-0.4, -0.2) is 18.3 Å². The van der Waals surface area contributed by atoms with Gasteiger partial charge in [-0.3, -0.25) is 9.59 Å². The third-order valence-corrected chi connectivity index (χ3v) is 3.37. The van der Waals surface area contributed by atoms with Crippen LogP contribution in [0.4, 0.5) is 5.69 Å². The lowest BCUT2D eigenvalue weighted by Crippen LogP contribution is -2.13. The quantitative estimate of drug-likeness (QED) is 0.768. The Morgan fingerprint density at radius 2 is 1.87 bits per heavy atom. The summed E-state index contributed by atoms with van der Waals surface area (Å²) < 4.78 is 5.43. The van der Waals surface area contributed by atoms with Crippen molar-refractivity contribution >= 4 is 29.0 Å². The Morgan fingerprint density at radius 1 is 1.13 bits per heavy atom. The van der Waals surface area contributed by atoms with Crippen molar-refractivity contribution in [3.05, 3.63) is 59.1 Å². The minimum absolute atomic E-state index is 0.0316. The summed E-state index contributed by atoms with van der Waals surface area (Å²) in [6.45, 7) is 1.88. The number of amides is 1. The van der Waals surface area contributed by atoms with Gasteiger partial charge in [0.15, 0.2) is 12.4 Å². The van der Waals surface area contributed by atoms with E-state index in [2.05, 4.69) is 5.32 Å². The molecule has 0 bridgehead atoms. The molecule has 0 heterocycles. The summed E-state index contributed by atoms with van der Waals surface area (Å²) >= 11 is 5.86. The zero-order valence-corrected chi connectivity index (χ0v) is 13.6. The predicted octanol–water partition coefficient (Wildman–Crippen LogP) is 4.34. The van der Waals surface area contributed by atoms with Gasteiger partial charge in [0.1, 0.15) is 5.75 Å². The molecule has 0 spiro atoms. The molecule has 0 aliphatic heterocycles. The first-order valence-electron chi connectivity index (χ1n) is 7.40. The Morgan fingerprint density at radius 3 is 2.52 bits per heavy atom. The lowest BCUT2D eigenvalue weighted by molar-refractivity contribution is -0.116. The normalized spacial score (nSPS) is 10.2. The topological polar surface area (TPSA) is 55.4 Å². The number of nitrogens with one attached hydrogen (secondary N) is 1. The molecule has 5 heteroatoms. The Balaban J connectivity index is 1.91. The van der Waals surface area contributed by atoms with Crippen LogP contribution in [-0.2, 0) is 4.79 Å². The number of rotatable bonds is 7. The fourth-order valence-electron chi connectivity index (χ4n) is 1.98. The monoisotopic (exact) mass is 331 g/mol. The van der Waals surface area contributed by atoms with Crippen LogP contribution in [0, 0.1) is 0 Å². The highest BCUT2D eigenvalue weighted by atomic mass is 35.5. The number of benzene rings is 2. The van der Waals surface area contributed by atoms with E-state index in [4.69, 9.17) is 16.3 Å². The lowest BCUT2D eigenvalue weighted by Gasteiger charge is -2.07. The highest BCUT2D eigenvalue weighted by Gasteiger charge is 2.08. The summed E-state index contributed by atoms with van der Waals surface area (Å²) in [7, 11) is 0. The number of ketones is 1. The zero-order chi connectivity index (χ0) is 16.7. The maximum Gasteiger partial charge on any atom is 0.224 e. The van der Waals surface area contributed by atoms with Crippen molar-refractivity contribution in [1.82, 2.24) is 0 Å². The van der Waals surface area contributed by atoms with Crippen molar-refractivity contribution in [2.45, 2.75) is 19.8 Å². The van der Waals surface area contributed by atoms with E-state index >= 15 is 0 Å². The van der Waals surface area contributed by atoms with Gasteiger partial charge in [0.05, 0.1) is 0 Å². The van der Waals surface area contributed by atoms with E-state index < -0.39 is 0 Å². The molecule has 0 aromatic heterocycles. The average molecular weight is 332 g/mol. The second kappa shape index (κ2) is 8.34.